The van der Waals surface area contributed by atoms with Crippen molar-refractivity contribution in [3.63, 3.8) is 0 Å². The van der Waals surface area contributed by atoms with Gasteiger partial charge in [-0.1, -0.05) is 11.8 Å². The molecule has 0 amide bonds. The highest BCUT2D eigenvalue weighted by Crippen LogP contribution is 2.15. The van der Waals surface area contributed by atoms with Crippen molar-refractivity contribution < 1.29 is 8.78 Å². The van der Waals surface area contributed by atoms with E-state index in [1.807, 2.05) is 0 Å². The van der Waals surface area contributed by atoms with Gasteiger partial charge in [0.2, 0.25) is 0 Å². The average Bonchev–Trinajstić information content (AvgIpc) is 2.68. The van der Waals surface area contributed by atoms with Crippen LogP contribution in [-0.4, -0.2) is 3.96 Å². The van der Waals surface area contributed by atoms with Crippen molar-refractivity contribution in [2.75, 3.05) is 0 Å². The van der Waals surface area contributed by atoms with E-state index in [0.717, 1.165) is 27.6 Å². The van der Waals surface area contributed by atoms with Gasteiger partial charge in [-0.2, -0.15) is 0 Å². The zero-order valence-electron chi connectivity index (χ0n) is 8.91. The first kappa shape index (κ1) is 10.9. The second-order valence-electron chi connectivity index (χ2n) is 3.61. The van der Waals surface area contributed by atoms with Crippen molar-refractivity contribution >= 4 is 23.3 Å². The molecular weight excluding hydrogens is 256 g/mol. The first-order chi connectivity index (χ1) is 8.68. The Labute approximate surface area is 104 Å². The number of hydrogen-bond acceptors (Lipinski definition) is 2. The highest BCUT2D eigenvalue weighted by Gasteiger charge is 2.15. The Morgan fingerprint density at radius 3 is 2.61 bits per heavy atom. The number of rotatable bonds is 1. The standard InChI is InChI=1S/C13H5F2NOS/c14-9-5-3-6-10(15)12(9)16-13(17)8-4-1-2-7-11(8)18-16/h1,3-6H. The number of hydrogen-bond donors (Lipinski definition) is 0. The molecule has 0 unspecified atom stereocenters. The number of para-hydroxylation sites is 1. The molecule has 0 saturated carbocycles. The van der Waals surface area contributed by atoms with E-state index in [1.54, 1.807) is 12.2 Å². The molecule has 1 aliphatic rings. The van der Waals surface area contributed by atoms with E-state index in [9.17, 15) is 13.6 Å². The van der Waals surface area contributed by atoms with Crippen molar-refractivity contribution in [3.05, 3.63) is 61.7 Å². The minimum atomic E-state index is -0.771. The molecule has 18 heavy (non-hydrogen) atoms. The van der Waals surface area contributed by atoms with Gasteiger partial charge in [0.1, 0.15) is 10.2 Å². The van der Waals surface area contributed by atoms with E-state index in [2.05, 4.69) is 11.5 Å². The molecule has 1 heterocycles. The monoisotopic (exact) mass is 261 g/mol. The van der Waals surface area contributed by atoms with Crippen LogP contribution in [0, 0.1) is 11.6 Å². The maximum Gasteiger partial charge on any atom is 0.274 e. The van der Waals surface area contributed by atoms with Gasteiger partial charge in [0.15, 0.2) is 11.6 Å². The number of benzene rings is 1. The van der Waals surface area contributed by atoms with Gasteiger partial charge in [-0.05, 0) is 41.5 Å². The molecule has 0 fully saturated rings. The molecule has 0 N–H and O–H groups in total. The number of allylic oxidation sites excluding steroid dienone is 1. The summed E-state index contributed by atoms with van der Waals surface area (Å²) in [6, 6.07) is 3.49. The molecular formula is C13H5F2NOS. The van der Waals surface area contributed by atoms with Gasteiger partial charge in [0.05, 0.1) is 5.22 Å². The molecule has 1 aliphatic carbocycles. The lowest BCUT2D eigenvalue weighted by Crippen LogP contribution is -2.34. The Morgan fingerprint density at radius 2 is 1.94 bits per heavy atom. The van der Waals surface area contributed by atoms with E-state index in [0.29, 0.717) is 9.75 Å². The number of aromatic nitrogens is 1. The maximum atomic E-state index is 13.6. The summed E-state index contributed by atoms with van der Waals surface area (Å²) in [7, 11) is 0. The van der Waals surface area contributed by atoms with Gasteiger partial charge in [-0.3, -0.25) is 4.79 Å². The first-order valence-electron chi connectivity index (χ1n) is 5.07. The Bertz CT molecular complexity index is 874. The largest absolute Gasteiger partial charge is 0.274 e. The summed E-state index contributed by atoms with van der Waals surface area (Å²) < 4.78 is 28.8. The van der Waals surface area contributed by atoms with Crippen molar-refractivity contribution in [1.29, 1.82) is 0 Å². The fourth-order valence-electron chi connectivity index (χ4n) is 1.69. The Kier molecular flexibility index (Phi) is 2.39. The molecule has 0 saturated heterocycles. The SMILES string of the molecule is O=c1c2c(sn1-c1c(F)cccc1F)=C=C=CC=2. The molecule has 0 radical (unpaired) electrons. The Balaban J connectivity index is 2.45. The van der Waals surface area contributed by atoms with Crippen molar-refractivity contribution in [1.82, 2.24) is 3.96 Å². The number of nitrogens with zero attached hydrogens (tertiary/aromatic N) is 1. The van der Waals surface area contributed by atoms with Crippen molar-refractivity contribution in [2.24, 2.45) is 0 Å². The van der Waals surface area contributed by atoms with Crippen LogP contribution in [0.2, 0.25) is 0 Å². The van der Waals surface area contributed by atoms with Crippen molar-refractivity contribution in [2.45, 2.75) is 0 Å². The van der Waals surface area contributed by atoms with E-state index < -0.39 is 17.2 Å². The predicted octanol–water partition coefficient (Wildman–Crippen LogP) is 1.06. The van der Waals surface area contributed by atoms with Crippen LogP contribution < -0.4 is 15.3 Å². The molecule has 0 spiro atoms. The molecule has 5 heteroatoms. The summed E-state index contributed by atoms with van der Waals surface area (Å²) in [5.41, 5.74) is 4.65. The summed E-state index contributed by atoms with van der Waals surface area (Å²) in [6.07, 6.45) is 3.10. The highest BCUT2D eigenvalue weighted by atomic mass is 32.1. The molecule has 2 aromatic rings. The van der Waals surface area contributed by atoms with Crippen molar-refractivity contribution in [3.8, 4) is 5.69 Å². The lowest BCUT2D eigenvalue weighted by molar-refractivity contribution is 0.572. The maximum absolute atomic E-state index is 13.6. The normalized spacial score (nSPS) is 11.9. The van der Waals surface area contributed by atoms with Gasteiger partial charge < -0.3 is 0 Å². The van der Waals surface area contributed by atoms with E-state index >= 15 is 0 Å². The van der Waals surface area contributed by atoms with Gasteiger partial charge in [-0.25, -0.2) is 12.7 Å². The third-order valence-corrected chi connectivity index (χ3v) is 3.54. The van der Waals surface area contributed by atoms with Crippen LogP contribution in [0.4, 0.5) is 8.78 Å². The van der Waals surface area contributed by atoms with Gasteiger partial charge >= 0.3 is 0 Å². The lowest BCUT2D eigenvalue weighted by atomic mass is 10.3. The Hall–Kier alpha value is -2.19. The summed E-state index contributed by atoms with van der Waals surface area (Å²) in [4.78, 5) is 12.0. The average molecular weight is 261 g/mol. The molecule has 0 bridgehead atoms. The number of halogens is 2. The summed E-state index contributed by atoms with van der Waals surface area (Å²) in [6.45, 7) is 0. The van der Waals surface area contributed by atoms with Crippen LogP contribution in [0.25, 0.3) is 17.5 Å². The van der Waals surface area contributed by atoms with Gasteiger partial charge in [0.25, 0.3) is 5.56 Å². The van der Waals surface area contributed by atoms with Crippen LogP contribution >= 0.6 is 11.5 Å². The fourth-order valence-corrected chi connectivity index (χ4v) is 2.68. The fraction of sp³-hybridized carbons (Fsp3) is 0. The molecule has 88 valence electrons. The minimum absolute atomic E-state index is 0.350. The van der Waals surface area contributed by atoms with E-state index in [4.69, 9.17) is 0 Å². The van der Waals surface area contributed by atoms with Crippen LogP contribution in [0.1, 0.15) is 0 Å². The quantitative estimate of drug-likeness (QED) is 0.704. The molecule has 0 aliphatic heterocycles. The highest BCUT2D eigenvalue weighted by molar-refractivity contribution is 7.04. The smallest absolute Gasteiger partial charge is 0.267 e. The summed E-state index contributed by atoms with van der Waals surface area (Å²) >= 11 is 0.943. The van der Waals surface area contributed by atoms with E-state index in [-0.39, 0.29) is 5.69 Å². The van der Waals surface area contributed by atoms with Crippen LogP contribution in [-0.2, 0) is 0 Å². The molecule has 0 atom stereocenters. The lowest BCUT2D eigenvalue weighted by Gasteiger charge is -2.02. The van der Waals surface area contributed by atoms with Crippen LogP contribution in [0.15, 0.2) is 34.8 Å². The minimum Gasteiger partial charge on any atom is -0.267 e. The zero-order chi connectivity index (χ0) is 12.7. The third kappa shape index (κ3) is 1.50. The molecule has 1 aromatic carbocycles. The Morgan fingerprint density at radius 1 is 1.22 bits per heavy atom. The van der Waals surface area contributed by atoms with Crippen LogP contribution in [0.3, 0.4) is 0 Å². The van der Waals surface area contributed by atoms with E-state index in [1.165, 1.54) is 6.07 Å². The molecule has 1 aromatic heterocycles. The third-order valence-electron chi connectivity index (χ3n) is 2.50. The number of fused-ring (bicyclic) bond motifs is 1. The topological polar surface area (TPSA) is 22.0 Å². The van der Waals surface area contributed by atoms with Crippen LogP contribution in [0.5, 0.6) is 0 Å². The predicted molar refractivity (Wildman–Crippen MR) is 65.0 cm³/mol. The summed E-state index contributed by atoms with van der Waals surface area (Å²) in [5.74, 6) is -1.54. The first-order valence-corrected chi connectivity index (χ1v) is 5.84. The van der Waals surface area contributed by atoms with Gasteiger partial charge in [-0.15, -0.1) is 0 Å². The van der Waals surface area contributed by atoms with Gasteiger partial charge in [0, 0.05) is 0 Å². The second-order valence-corrected chi connectivity index (χ2v) is 4.56. The summed E-state index contributed by atoms with van der Waals surface area (Å²) in [5, 5.41) is 0.376. The zero-order valence-corrected chi connectivity index (χ0v) is 9.72. The molecule has 2 nitrogen and oxygen atoms in total. The second kappa shape index (κ2) is 3.93. The molecule has 3 rings (SSSR count).